The molecule has 2 heteroatoms. The molecule has 2 unspecified atom stereocenters. The van der Waals surface area contributed by atoms with E-state index in [1.165, 1.54) is 70.6 Å². The van der Waals surface area contributed by atoms with Crippen LogP contribution in [0.2, 0.25) is 0 Å². The first kappa shape index (κ1) is 22.7. The molecule has 0 radical (unpaired) electrons. The molecular formula is C28H48O2. The summed E-state index contributed by atoms with van der Waals surface area (Å²) in [6, 6.07) is 0. The molecule has 0 aliphatic heterocycles. The van der Waals surface area contributed by atoms with Crippen LogP contribution < -0.4 is 0 Å². The lowest BCUT2D eigenvalue weighted by Crippen LogP contribution is -2.54. The fourth-order valence-corrected chi connectivity index (χ4v) is 9.09. The Morgan fingerprint density at radius 1 is 0.933 bits per heavy atom. The van der Waals surface area contributed by atoms with E-state index in [2.05, 4.69) is 27.7 Å². The van der Waals surface area contributed by atoms with Gasteiger partial charge in [0.2, 0.25) is 0 Å². The van der Waals surface area contributed by atoms with Crippen molar-refractivity contribution in [2.75, 3.05) is 0 Å². The first-order valence-electron chi connectivity index (χ1n) is 13.4. The van der Waals surface area contributed by atoms with E-state index in [0.29, 0.717) is 10.8 Å². The summed E-state index contributed by atoms with van der Waals surface area (Å²) in [5.41, 5.74) is 1.12. The highest BCUT2D eigenvalue weighted by molar-refractivity contribution is 5.66. The lowest BCUT2D eigenvalue weighted by atomic mass is 9.44. The van der Waals surface area contributed by atoms with Crippen LogP contribution in [-0.4, -0.2) is 12.1 Å². The van der Waals surface area contributed by atoms with E-state index < -0.39 is 0 Å². The van der Waals surface area contributed by atoms with Gasteiger partial charge in [-0.25, -0.2) is 0 Å². The second-order valence-electron chi connectivity index (χ2n) is 12.7. The van der Waals surface area contributed by atoms with Crippen molar-refractivity contribution in [1.29, 1.82) is 0 Å². The zero-order valence-electron chi connectivity index (χ0n) is 20.6. The Morgan fingerprint density at radius 2 is 1.67 bits per heavy atom. The van der Waals surface area contributed by atoms with Crippen LogP contribution in [0.5, 0.6) is 0 Å². The molecular weight excluding hydrogens is 368 g/mol. The van der Waals surface area contributed by atoms with Gasteiger partial charge in [0.05, 0.1) is 0 Å². The molecule has 4 saturated carbocycles. The minimum Gasteiger partial charge on any atom is -0.463 e. The van der Waals surface area contributed by atoms with E-state index >= 15 is 0 Å². The summed E-state index contributed by atoms with van der Waals surface area (Å²) in [5, 5.41) is 0. The van der Waals surface area contributed by atoms with Gasteiger partial charge < -0.3 is 4.74 Å². The van der Waals surface area contributed by atoms with Crippen LogP contribution in [0.4, 0.5) is 0 Å². The van der Waals surface area contributed by atoms with Crippen molar-refractivity contribution >= 4 is 5.97 Å². The Hall–Kier alpha value is -0.530. The van der Waals surface area contributed by atoms with E-state index in [0.717, 1.165) is 48.3 Å². The van der Waals surface area contributed by atoms with Crippen LogP contribution in [-0.2, 0) is 9.53 Å². The topological polar surface area (TPSA) is 26.3 Å². The first-order valence-corrected chi connectivity index (χ1v) is 13.4. The molecule has 0 N–H and O–H groups in total. The van der Waals surface area contributed by atoms with Gasteiger partial charge >= 0.3 is 5.97 Å². The molecule has 4 fully saturated rings. The zero-order chi connectivity index (χ0) is 21.5. The first-order chi connectivity index (χ1) is 14.2. The number of ether oxygens (including phenoxy) is 1. The van der Waals surface area contributed by atoms with Gasteiger partial charge in [0.1, 0.15) is 6.10 Å². The summed E-state index contributed by atoms with van der Waals surface area (Å²) in [7, 11) is 0. The van der Waals surface area contributed by atoms with Crippen molar-refractivity contribution in [3.05, 3.63) is 0 Å². The van der Waals surface area contributed by atoms with Gasteiger partial charge in [-0.3, -0.25) is 4.79 Å². The molecule has 4 aliphatic rings. The Kier molecular flexibility index (Phi) is 6.63. The largest absolute Gasteiger partial charge is 0.463 e. The monoisotopic (exact) mass is 416 g/mol. The summed E-state index contributed by atoms with van der Waals surface area (Å²) in [6.45, 7) is 11.6. The van der Waals surface area contributed by atoms with E-state index in [4.69, 9.17) is 4.74 Å². The number of carbonyl (C=O) groups excluding carboxylic acids is 1. The Morgan fingerprint density at radius 3 is 2.40 bits per heavy atom. The average molecular weight is 417 g/mol. The summed E-state index contributed by atoms with van der Waals surface area (Å²) in [4.78, 5) is 11.5. The lowest BCUT2D eigenvalue weighted by molar-refractivity contribution is -0.160. The molecule has 0 amide bonds. The summed E-state index contributed by atoms with van der Waals surface area (Å²) in [6.07, 6.45) is 18.2. The van der Waals surface area contributed by atoms with Gasteiger partial charge in [-0.2, -0.15) is 0 Å². The third kappa shape index (κ3) is 4.11. The molecule has 4 aliphatic carbocycles. The van der Waals surface area contributed by atoms with Crippen LogP contribution >= 0.6 is 0 Å². The second-order valence-corrected chi connectivity index (χ2v) is 12.7. The maximum Gasteiger partial charge on any atom is 0.302 e. The van der Waals surface area contributed by atoms with Crippen LogP contribution in [0.15, 0.2) is 0 Å². The minimum atomic E-state index is -0.0869. The van der Waals surface area contributed by atoms with E-state index in [1.807, 2.05) is 0 Å². The Bertz CT molecular complexity index is 612. The SMILES string of the molecule is CC(=O)O[C@H]1CC[C@@]2(C)C(CC[C@@H]3C2CC[C@]2(C)[C@@H](CCCCC(C)C)CC[C@@H]32)C1. The van der Waals surface area contributed by atoms with Crippen molar-refractivity contribution < 1.29 is 9.53 Å². The smallest absolute Gasteiger partial charge is 0.302 e. The molecule has 8 atom stereocenters. The Labute approximate surface area is 186 Å². The van der Waals surface area contributed by atoms with Gasteiger partial charge in [-0.15, -0.1) is 0 Å². The molecule has 2 nitrogen and oxygen atoms in total. The normalized spacial score (nSPS) is 45.5. The van der Waals surface area contributed by atoms with Crippen molar-refractivity contribution in [1.82, 2.24) is 0 Å². The highest BCUT2D eigenvalue weighted by Gasteiger charge is 2.60. The molecule has 0 heterocycles. The quantitative estimate of drug-likeness (QED) is 0.326. The standard InChI is InChI=1S/C28H48O2/c1-19(2)8-6-7-9-21-11-13-25-24-12-10-22-18-23(30-20(3)29)14-16-28(22,5)26(24)15-17-27(21,25)4/h19,21-26H,6-18H2,1-5H3/t21-,22?,23-,24-,25-,26?,27+,28-/m0/s1. The molecule has 30 heavy (non-hydrogen) atoms. The highest BCUT2D eigenvalue weighted by atomic mass is 16.5. The molecule has 0 aromatic carbocycles. The van der Waals surface area contributed by atoms with E-state index in [1.54, 1.807) is 6.92 Å². The number of hydrogen-bond acceptors (Lipinski definition) is 2. The molecule has 0 spiro atoms. The zero-order valence-corrected chi connectivity index (χ0v) is 20.6. The average Bonchev–Trinajstić information content (AvgIpc) is 3.01. The highest BCUT2D eigenvalue weighted by Crippen LogP contribution is 2.68. The predicted molar refractivity (Wildman–Crippen MR) is 124 cm³/mol. The summed E-state index contributed by atoms with van der Waals surface area (Å²) >= 11 is 0. The summed E-state index contributed by atoms with van der Waals surface area (Å²) < 4.78 is 5.64. The van der Waals surface area contributed by atoms with Gasteiger partial charge in [0.25, 0.3) is 0 Å². The van der Waals surface area contributed by atoms with Crippen molar-refractivity contribution in [3.8, 4) is 0 Å². The predicted octanol–water partition coefficient (Wildman–Crippen LogP) is 7.79. The second kappa shape index (κ2) is 8.78. The van der Waals surface area contributed by atoms with Gasteiger partial charge in [0, 0.05) is 6.92 Å². The fraction of sp³-hybridized carbons (Fsp3) is 0.964. The maximum atomic E-state index is 11.5. The van der Waals surface area contributed by atoms with Crippen molar-refractivity contribution in [2.24, 2.45) is 46.3 Å². The number of carbonyl (C=O) groups is 1. The van der Waals surface area contributed by atoms with Crippen molar-refractivity contribution in [3.63, 3.8) is 0 Å². The molecule has 0 aromatic heterocycles. The van der Waals surface area contributed by atoms with Crippen LogP contribution in [0, 0.1) is 46.3 Å². The third-order valence-electron chi connectivity index (χ3n) is 10.7. The number of hydrogen-bond donors (Lipinski definition) is 0. The van der Waals surface area contributed by atoms with Gasteiger partial charge in [-0.05, 0) is 111 Å². The molecule has 4 rings (SSSR count). The molecule has 0 saturated heterocycles. The van der Waals surface area contributed by atoms with Gasteiger partial charge in [-0.1, -0.05) is 47.0 Å². The van der Waals surface area contributed by atoms with E-state index in [-0.39, 0.29) is 12.1 Å². The lowest BCUT2D eigenvalue weighted by Gasteiger charge is -2.61. The Balaban J connectivity index is 1.40. The maximum absolute atomic E-state index is 11.5. The molecule has 0 bridgehead atoms. The fourth-order valence-electron chi connectivity index (χ4n) is 9.09. The number of rotatable bonds is 6. The number of unbranched alkanes of at least 4 members (excludes halogenated alkanes) is 1. The number of fused-ring (bicyclic) bond motifs is 5. The minimum absolute atomic E-state index is 0.0869. The third-order valence-corrected chi connectivity index (χ3v) is 10.7. The van der Waals surface area contributed by atoms with E-state index in [9.17, 15) is 4.79 Å². The van der Waals surface area contributed by atoms with Crippen LogP contribution in [0.3, 0.4) is 0 Å². The van der Waals surface area contributed by atoms with Crippen LogP contribution in [0.1, 0.15) is 118 Å². The van der Waals surface area contributed by atoms with Gasteiger partial charge in [0.15, 0.2) is 0 Å². The van der Waals surface area contributed by atoms with Crippen LogP contribution in [0.25, 0.3) is 0 Å². The molecule has 172 valence electrons. The number of esters is 1. The molecule has 0 aromatic rings. The van der Waals surface area contributed by atoms with Crippen molar-refractivity contribution in [2.45, 2.75) is 124 Å². The summed E-state index contributed by atoms with van der Waals surface area (Å²) in [5.74, 6) is 5.41.